The average molecular weight is 381 g/mol. The Hall–Kier alpha value is -0.830. The number of halogens is 1. The van der Waals surface area contributed by atoms with Crippen LogP contribution >= 0.6 is 24.0 Å². The number of aryl methyl sites for hydroxylation is 2. The molecule has 0 radical (unpaired) electrons. The first-order valence-electron chi connectivity index (χ1n) is 6.27. The number of rotatable bonds is 7. The molecule has 1 heterocycles. The Morgan fingerprint density at radius 3 is 2.79 bits per heavy atom. The lowest BCUT2D eigenvalue weighted by atomic mass is 10.2. The summed E-state index contributed by atoms with van der Waals surface area (Å²) in [6.45, 7) is 8.76. The lowest BCUT2D eigenvalue weighted by Gasteiger charge is -2.05. The van der Waals surface area contributed by atoms with Gasteiger partial charge in [-0.1, -0.05) is 0 Å². The van der Waals surface area contributed by atoms with Gasteiger partial charge in [0.2, 0.25) is 0 Å². The van der Waals surface area contributed by atoms with Crippen molar-refractivity contribution in [3.8, 4) is 0 Å². The van der Waals surface area contributed by atoms with Gasteiger partial charge in [0, 0.05) is 31.0 Å². The molecule has 7 heteroatoms. The number of aromatic nitrogens is 2. The van der Waals surface area contributed by atoms with E-state index in [9.17, 15) is 0 Å². The molecule has 0 fully saturated rings. The number of aliphatic imine (C=N–C) groups is 1. The third kappa shape index (κ3) is 6.76. The molecule has 1 aromatic heterocycles. The summed E-state index contributed by atoms with van der Waals surface area (Å²) in [6.07, 6.45) is 0.924. The number of nitrogens with one attached hydrogen (secondary N) is 2. The Kier molecular flexibility index (Phi) is 9.58. The van der Waals surface area contributed by atoms with E-state index in [2.05, 4.69) is 20.5 Å². The predicted octanol–water partition coefficient (Wildman–Crippen LogP) is 1.48. The van der Waals surface area contributed by atoms with E-state index in [-0.39, 0.29) is 24.0 Å². The van der Waals surface area contributed by atoms with E-state index >= 15 is 0 Å². The average Bonchev–Trinajstić information content (AvgIpc) is 2.66. The fraction of sp³-hybridized carbons (Fsp3) is 0.667. The van der Waals surface area contributed by atoms with Crippen LogP contribution in [0, 0.1) is 13.8 Å². The first-order chi connectivity index (χ1) is 8.65. The quantitative estimate of drug-likeness (QED) is 0.289. The zero-order chi connectivity index (χ0) is 13.4. The van der Waals surface area contributed by atoms with Crippen molar-refractivity contribution >= 4 is 29.9 Å². The van der Waals surface area contributed by atoms with E-state index in [0.29, 0.717) is 12.5 Å². The second-order valence-electron chi connectivity index (χ2n) is 4.09. The number of H-pyrrole nitrogens is 1. The van der Waals surface area contributed by atoms with Gasteiger partial charge < -0.3 is 15.8 Å². The number of nitrogens with two attached hydrogens (primary N) is 1. The molecule has 0 aliphatic carbocycles. The topological polar surface area (TPSA) is 88.3 Å². The molecule has 19 heavy (non-hydrogen) atoms. The highest BCUT2D eigenvalue weighted by Gasteiger charge is 2.04. The highest BCUT2D eigenvalue weighted by atomic mass is 127. The van der Waals surface area contributed by atoms with Crippen molar-refractivity contribution in [2.24, 2.45) is 10.7 Å². The van der Waals surface area contributed by atoms with E-state index < -0.39 is 0 Å². The van der Waals surface area contributed by atoms with Gasteiger partial charge in [-0.3, -0.25) is 5.10 Å². The summed E-state index contributed by atoms with van der Waals surface area (Å²) >= 11 is 0. The van der Waals surface area contributed by atoms with E-state index in [0.717, 1.165) is 43.1 Å². The van der Waals surface area contributed by atoms with E-state index in [4.69, 9.17) is 10.5 Å². The Morgan fingerprint density at radius 1 is 1.47 bits per heavy atom. The third-order valence-corrected chi connectivity index (χ3v) is 2.66. The number of guanidine groups is 1. The number of hydrogen-bond donors (Lipinski definition) is 3. The molecule has 0 amide bonds. The molecule has 0 spiro atoms. The van der Waals surface area contributed by atoms with Crippen LogP contribution in [-0.4, -0.2) is 35.9 Å². The normalized spacial score (nSPS) is 11.2. The first-order valence-corrected chi connectivity index (χ1v) is 6.27. The number of nitrogens with zero attached hydrogens (tertiary/aromatic N) is 2. The van der Waals surface area contributed by atoms with E-state index in [1.54, 1.807) is 0 Å². The van der Waals surface area contributed by atoms with Crippen LogP contribution in [0.5, 0.6) is 0 Å². The van der Waals surface area contributed by atoms with Crippen LogP contribution < -0.4 is 11.1 Å². The van der Waals surface area contributed by atoms with Gasteiger partial charge in [-0.25, -0.2) is 4.99 Å². The van der Waals surface area contributed by atoms with Gasteiger partial charge in [0.15, 0.2) is 5.96 Å². The highest BCUT2D eigenvalue weighted by Crippen LogP contribution is 2.09. The van der Waals surface area contributed by atoms with Crippen LogP contribution in [-0.2, 0) is 11.3 Å². The molecule has 0 saturated heterocycles. The molecule has 4 N–H and O–H groups in total. The fourth-order valence-electron chi connectivity index (χ4n) is 1.56. The maximum absolute atomic E-state index is 5.77. The SMILES string of the molecule is CCOCCCNC(N)=NCc1c(C)n[nH]c1C.I. The molecular weight excluding hydrogens is 357 g/mol. The standard InChI is InChI=1S/C12H23N5O.HI/c1-4-18-7-5-6-14-12(13)15-8-11-9(2)16-17-10(11)3;/h4-8H2,1-3H3,(H,16,17)(H3,13,14,15);1H. The van der Waals surface area contributed by atoms with Crippen molar-refractivity contribution in [1.29, 1.82) is 0 Å². The minimum absolute atomic E-state index is 0. The van der Waals surface area contributed by atoms with Gasteiger partial charge in [0.1, 0.15) is 0 Å². The highest BCUT2D eigenvalue weighted by molar-refractivity contribution is 14.0. The Labute approximate surface area is 131 Å². The summed E-state index contributed by atoms with van der Waals surface area (Å²) in [5.41, 5.74) is 8.89. The Balaban J connectivity index is 0.00000324. The van der Waals surface area contributed by atoms with Crippen molar-refractivity contribution in [3.05, 3.63) is 17.0 Å². The van der Waals surface area contributed by atoms with Gasteiger partial charge in [0.25, 0.3) is 0 Å². The minimum atomic E-state index is 0. The van der Waals surface area contributed by atoms with Crippen LogP contribution in [0.4, 0.5) is 0 Å². The monoisotopic (exact) mass is 381 g/mol. The smallest absolute Gasteiger partial charge is 0.188 e. The second kappa shape index (κ2) is 10.0. The van der Waals surface area contributed by atoms with Gasteiger partial charge in [-0.15, -0.1) is 24.0 Å². The predicted molar refractivity (Wildman–Crippen MR) is 87.9 cm³/mol. The molecule has 1 rings (SSSR count). The van der Waals surface area contributed by atoms with Gasteiger partial charge in [0.05, 0.1) is 12.2 Å². The molecule has 6 nitrogen and oxygen atoms in total. The molecular formula is C12H24IN5O. The van der Waals surface area contributed by atoms with Crippen LogP contribution in [0.1, 0.15) is 30.3 Å². The van der Waals surface area contributed by atoms with Crippen LogP contribution in [0.25, 0.3) is 0 Å². The lowest BCUT2D eigenvalue weighted by Crippen LogP contribution is -2.32. The molecule has 0 aromatic carbocycles. The summed E-state index contributed by atoms with van der Waals surface area (Å²) in [5, 5.41) is 10.1. The molecule has 0 unspecified atom stereocenters. The first kappa shape index (κ1) is 18.2. The van der Waals surface area contributed by atoms with Gasteiger partial charge >= 0.3 is 0 Å². The van der Waals surface area contributed by atoms with Crippen LogP contribution in [0.2, 0.25) is 0 Å². The number of hydrogen-bond acceptors (Lipinski definition) is 3. The lowest BCUT2D eigenvalue weighted by molar-refractivity contribution is 0.145. The van der Waals surface area contributed by atoms with Crippen molar-refractivity contribution in [1.82, 2.24) is 15.5 Å². The van der Waals surface area contributed by atoms with Gasteiger partial charge in [-0.05, 0) is 27.2 Å². The molecule has 110 valence electrons. The molecule has 0 aliphatic heterocycles. The van der Waals surface area contributed by atoms with Crippen molar-refractivity contribution in [3.63, 3.8) is 0 Å². The van der Waals surface area contributed by atoms with E-state index in [1.807, 2.05) is 20.8 Å². The van der Waals surface area contributed by atoms with E-state index in [1.165, 1.54) is 0 Å². The van der Waals surface area contributed by atoms with Gasteiger partial charge in [-0.2, -0.15) is 5.10 Å². The Morgan fingerprint density at radius 2 is 2.21 bits per heavy atom. The summed E-state index contributed by atoms with van der Waals surface area (Å²) in [7, 11) is 0. The fourth-order valence-corrected chi connectivity index (χ4v) is 1.56. The maximum Gasteiger partial charge on any atom is 0.188 e. The van der Waals surface area contributed by atoms with Crippen molar-refractivity contribution in [2.75, 3.05) is 19.8 Å². The largest absolute Gasteiger partial charge is 0.382 e. The number of aromatic amines is 1. The zero-order valence-corrected chi connectivity index (χ0v) is 14.2. The van der Waals surface area contributed by atoms with Crippen molar-refractivity contribution in [2.45, 2.75) is 33.7 Å². The summed E-state index contributed by atoms with van der Waals surface area (Å²) in [5.74, 6) is 0.464. The molecule has 0 atom stereocenters. The zero-order valence-electron chi connectivity index (χ0n) is 11.8. The minimum Gasteiger partial charge on any atom is -0.382 e. The Bertz CT molecular complexity index is 372. The molecule has 0 bridgehead atoms. The van der Waals surface area contributed by atoms with Crippen LogP contribution in [0.3, 0.4) is 0 Å². The maximum atomic E-state index is 5.77. The summed E-state index contributed by atoms with van der Waals surface area (Å²) in [4.78, 5) is 4.29. The van der Waals surface area contributed by atoms with Crippen LogP contribution in [0.15, 0.2) is 4.99 Å². The molecule has 1 aromatic rings. The number of ether oxygens (including phenoxy) is 1. The summed E-state index contributed by atoms with van der Waals surface area (Å²) < 4.78 is 5.23. The van der Waals surface area contributed by atoms with Crippen molar-refractivity contribution < 1.29 is 4.74 Å². The third-order valence-electron chi connectivity index (χ3n) is 2.66. The molecule has 0 aliphatic rings. The second-order valence-corrected chi connectivity index (χ2v) is 4.09. The molecule has 0 saturated carbocycles. The summed E-state index contributed by atoms with van der Waals surface area (Å²) in [6, 6.07) is 0.